The fourth-order valence-electron chi connectivity index (χ4n) is 2.30. The highest BCUT2D eigenvalue weighted by Crippen LogP contribution is 2.07. The molecule has 2 unspecified atom stereocenters. The highest BCUT2D eigenvalue weighted by Gasteiger charge is 2.31. The first kappa shape index (κ1) is 20.6. The Kier molecular flexibility index (Phi) is 7.27. The lowest BCUT2D eigenvalue weighted by molar-refractivity contribution is -0.168. The van der Waals surface area contributed by atoms with Crippen LogP contribution in [0.3, 0.4) is 0 Å². The second-order valence-corrected chi connectivity index (χ2v) is 5.74. The average molecular weight is 384 g/mol. The summed E-state index contributed by atoms with van der Waals surface area (Å²) in [6.45, 7) is 2.26. The first-order chi connectivity index (χ1) is 13.4. The average Bonchev–Trinajstić information content (AvgIpc) is 2.67. The van der Waals surface area contributed by atoms with E-state index in [-0.39, 0.29) is 0 Å². The normalized spacial score (nSPS) is 12.2. The molecule has 0 saturated carbocycles. The molecule has 8 heteroatoms. The Morgan fingerprint density at radius 3 is 1.25 bits per heavy atom. The van der Waals surface area contributed by atoms with Crippen molar-refractivity contribution in [3.63, 3.8) is 0 Å². The van der Waals surface area contributed by atoms with Crippen molar-refractivity contribution in [1.29, 1.82) is 0 Å². The molecular formula is C20H20N2O6. The van der Waals surface area contributed by atoms with Crippen LogP contribution in [-0.2, 0) is 19.1 Å². The van der Waals surface area contributed by atoms with Crippen molar-refractivity contribution < 1.29 is 28.7 Å². The van der Waals surface area contributed by atoms with Crippen molar-refractivity contribution >= 4 is 23.8 Å². The van der Waals surface area contributed by atoms with Gasteiger partial charge in [-0.2, -0.15) is 0 Å². The third-order valence-electron chi connectivity index (χ3n) is 3.48. The van der Waals surface area contributed by atoms with Crippen LogP contribution in [0, 0.1) is 0 Å². The number of hydrogen-bond acceptors (Lipinski definition) is 6. The van der Waals surface area contributed by atoms with E-state index in [0.29, 0.717) is 11.1 Å². The van der Waals surface area contributed by atoms with Crippen LogP contribution >= 0.6 is 0 Å². The van der Waals surface area contributed by atoms with E-state index in [9.17, 15) is 19.2 Å². The number of amides is 2. The standard InChI is InChI=1S/C20H20N2O6/c1-13(23)27-19(21-17(25)15-9-5-3-6-10-15)20(28-14(2)24)22-18(26)16-11-7-4-8-12-16/h3-12,19-20H,1-2H3,(H,21,25)(H,22,26). The largest absolute Gasteiger partial charge is 0.436 e. The van der Waals surface area contributed by atoms with Gasteiger partial charge in [0.2, 0.25) is 12.5 Å². The van der Waals surface area contributed by atoms with Gasteiger partial charge in [-0.25, -0.2) is 0 Å². The number of esters is 2. The molecule has 0 radical (unpaired) electrons. The molecule has 0 aliphatic rings. The first-order valence-electron chi connectivity index (χ1n) is 8.43. The minimum Gasteiger partial charge on any atom is -0.436 e. The smallest absolute Gasteiger partial charge is 0.304 e. The van der Waals surface area contributed by atoms with E-state index in [2.05, 4.69) is 10.6 Å². The van der Waals surface area contributed by atoms with Gasteiger partial charge >= 0.3 is 11.9 Å². The minimum absolute atomic E-state index is 0.301. The number of carbonyl (C=O) groups is 4. The van der Waals surface area contributed by atoms with E-state index >= 15 is 0 Å². The van der Waals surface area contributed by atoms with Crippen molar-refractivity contribution in [3.8, 4) is 0 Å². The summed E-state index contributed by atoms with van der Waals surface area (Å²) in [7, 11) is 0. The summed E-state index contributed by atoms with van der Waals surface area (Å²) >= 11 is 0. The quantitative estimate of drug-likeness (QED) is 0.554. The third-order valence-corrected chi connectivity index (χ3v) is 3.48. The van der Waals surface area contributed by atoms with Crippen LogP contribution in [0.5, 0.6) is 0 Å². The Morgan fingerprint density at radius 2 is 0.964 bits per heavy atom. The lowest BCUT2D eigenvalue weighted by Gasteiger charge is -2.27. The highest BCUT2D eigenvalue weighted by molar-refractivity contribution is 5.95. The van der Waals surface area contributed by atoms with Crippen LogP contribution in [-0.4, -0.2) is 36.2 Å². The molecule has 0 aliphatic carbocycles. The van der Waals surface area contributed by atoms with Gasteiger partial charge in [0.25, 0.3) is 11.8 Å². The van der Waals surface area contributed by atoms with E-state index in [4.69, 9.17) is 9.47 Å². The van der Waals surface area contributed by atoms with Crippen LogP contribution in [0.4, 0.5) is 0 Å². The maximum atomic E-state index is 12.4. The lowest BCUT2D eigenvalue weighted by atomic mass is 10.2. The van der Waals surface area contributed by atoms with Crippen molar-refractivity contribution in [2.45, 2.75) is 26.3 Å². The highest BCUT2D eigenvalue weighted by atomic mass is 16.6. The first-order valence-corrected chi connectivity index (χ1v) is 8.43. The van der Waals surface area contributed by atoms with Crippen LogP contribution in [0.25, 0.3) is 0 Å². The van der Waals surface area contributed by atoms with Gasteiger partial charge in [-0.1, -0.05) is 36.4 Å². The van der Waals surface area contributed by atoms with E-state index in [0.717, 1.165) is 13.8 Å². The molecule has 0 saturated heterocycles. The molecule has 0 bridgehead atoms. The van der Waals surface area contributed by atoms with Gasteiger partial charge in [-0.3, -0.25) is 19.2 Å². The zero-order valence-electron chi connectivity index (χ0n) is 15.4. The molecule has 146 valence electrons. The third kappa shape index (κ3) is 6.24. The summed E-state index contributed by atoms with van der Waals surface area (Å²) in [5.41, 5.74) is 0.603. The monoisotopic (exact) mass is 384 g/mol. The van der Waals surface area contributed by atoms with Gasteiger partial charge in [-0.05, 0) is 24.3 Å². The molecule has 0 heterocycles. The second-order valence-electron chi connectivity index (χ2n) is 5.74. The summed E-state index contributed by atoms with van der Waals surface area (Å²) in [6, 6.07) is 16.4. The molecule has 2 amide bonds. The number of carbonyl (C=O) groups excluding carboxylic acids is 4. The maximum absolute atomic E-state index is 12.4. The van der Waals surface area contributed by atoms with Crippen LogP contribution in [0.1, 0.15) is 34.6 Å². The van der Waals surface area contributed by atoms with Crippen molar-refractivity contribution in [3.05, 3.63) is 71.8 Å². The molecule has 2 aromatic carbocycles. The molecule has 0 aromatic heterocycles. The van der Waals surface area contributed by atoms with Gasteiger partial charge in [-0.15, -0.1) is 0 Å². The predicted molar refractivity (Wildman–Crippen MR) is 98.9 cm³/mol. The van der Waals surface area contributed by atoms with Crippen LogP contribution in [0.2, 0.25) is 0 Å². The summed E-state index contributed by atoms with van der Waals surface area (Å²) in [5.74, 6) is -2.61. The van der Waals surface area contributed by atoms with Gasteiger partial charge in [0.1, 0.15) is 0 Å². The Hall–Kier alpha value is -3.68. The molecule has 8 nitrogen and oxygen atoms in total. The fraction of sp³-hybridized carbons (Fsp3) is 0.200. The molecular weight excluding hydrogens is 364 g/mol. The molecule has 2 N–H and O–H groups in total. The van der Waals surface area contributed by atoms with Gasteiger partial charge < -0.3 is 20.1 Å². The Balaban J connectivity index is 2.23. The van der Waals surface area contributed by atoms with E-state index in [1.54, 1.807) is 60.7 Å². The van der Waals surface area contributed by atoms with Crippen molar-refractivity contribution in [1.82, 2.24) is 10.6 Å². The van der Waals surface area contributed by atoms with E-state index in [1.165, 1.54) is 0 Å². The zero-order valence-corrected chi connectivity index (χ0v) is 15.4. The Bertz CT molecular complexity index is 767. The Labute approximate surface area is 161 Å². The Morgan fingerprint density at radius 1 is 0.643 bits per heavy atom. The zero-order chi connectivity index (χ0) is 20.5. The number of nitrogens with one attached hydrogen (secondary N) is 2. The second kappa shape index (κ2) is 9.86. The lowest BCUT2D eigenvalue weighted by Crippen LogP contribution is -2.55. The molecule has 2 aromatic rings. The molecule has 0 fully saturated rings. The number of rotatable bonds is 7. The van der Waals surface area contributed by atoms with Gasteiger partial charge in [0.05, 0.1) is 0 Å². The molecule has 2 rings (SSSR count). The SMILES string of the molecule is CC(=O)OC(NC(=O)c1ccccc1)C(NC(=O)c1ccccc1)OC(C)=O. The summed E-state index contributed by atoms with van der Waals surface area (Å²) in [5, 5.41) is 4.91. The summed E-state index contributed by atoms with van der Waals surface area (Å²) < 4.78 is 10.2. The molecule has 28 heavy (non-hydrogen) atoms. The van der Waals surface area contributed by atoms with Gasteiger partial charge in [0, 0.05) is 25.0 Å². The molecule has 2 atom stereocenters. The van der Waals surface area contributed by atoms with Gasteiger partial charge in [0.15, 0.2) is 0 Å². The van der Waals surface area contributed by atoms with E-state index < -0.39 is 36.2 Å². The van der Waals surface area contributed by atoms with Crippen molar-refractivity contribution in [2.75, 3.05) is 0 Å². The van der Waals surface area contributed by atoms with E-state index in [1.807, 2.05) is 0 Å². The van der Waals surface area contributed by atoms with Crippen LogP contribution < -0.4 is 10.6 Å². The number of benzene rings is 2. The minimum atomic E-state index is -1.43. The van der Waals surface area contributed by atoms with Crippen LogP contribution in [0.15, 0.2) is 60.7 Å². The summed E-state index contributed by atoms with van der Waals surface area (Å²) in [4.78, 5) is 47.8. The number of ether oxygens (including phenoxy) is 2. The summed E-state index contributed by atoms with van der Waals surface area (Å²) in [6.07, 6.45) is -2.86. The molecule has 0 aliphatic heterocycles. The maximum Gasteiger partial charge on any atom is 0.304 e. The fourth-order valence-corrected chi connectivity index (χ4v) is 2.30. The molecule has 0 spiro atoms. The number of hydrogen-bond donors (Lipinski definition) is 2. The van der Waals surface area contributed by atoms with Crippen molar-refractivity contribution in [2.24, 2.45) is 0 Å². The topological polar surface area (TPSA) is 111 Å². The predicted octanol–water partition coefficient (Wildman–Crippen LogP) is 1.62.